The van der Waals surface area contributed by atoms with Gasteiger partial charge in [-0.1, -0.05) is 73.2 Å². The fraction of sp³-hybridized carbons (Fsp3) is 0.154. The molecule has 0 bridgehead atoms. The second-order valence-corrected chi connectivity index (χ2v) is 7.60. The molecule has 1 nitrogen and oxygen atoms in total. The van der Waals surface area contributed by atoms with Crippen molar-refractivity contribution in [3.05, 3.63) is 90.0 Å². The lowest BCUT2D eigenvalue weighted by Crippen LogP contribution is -1.95. The fourth-order valence-corrected chi connectivity index (χ4v) is 3.96. The first kappa shape index (κ1) is 16.1. The Labute approximate surface area is 159 Å². The summed E-state index contributed by atoms with van der Waals surface area (Å²) in [5.74, 6) is 0.597. The lowest BCUT2D eigenvalue weighted by Gasteiger charge is -2.14. The zero-order valence-corrected chi connectivity index (χ0v) is 15.7. The standard InChI is InChI=1S/C26H22O/c1-17-10-12-19(13-11-17)23-15-21(20-7-5-6-18(2)14-20)16-24-22-8-3-4-9-25(22)27-26(23)24/h3-10,12-17H,11H2,1-2H3. The molecule has 27 heavy (non-hydrogen) atoms. The Morgan fingerprint density at radius 2 is 1.78 bits per heavy atom. The van der Waals surface area contributed by atoms with Crippen LogP contribution in [0.3, 0.4) is 0 Å². The predicted molar refractivity (Wildman–Crippen MR) is 115 cm³/mol. The van der Waals surface area contributed by atoms with Crippen LogP contribution in [-0.4, -0.2) is 0 Å². The van der Waals surface area contributed by atoms with E-state index in [0.29, 0.717) is 5.92 Å². The number of rotatable bonds is 2. The van der Waals surface area contributed by atoms with E-state index >= 15 is 0 Å². The molecule has 132 valence electrons. The molecule has 1 unspecified atom stereocenters. The Bertz CT molecular complexity index is 1220. The van der Waals surface area contributed by atoms with Crippen LogP contribution in [0, 0.1) is 12.8 Å². The third-order valence-electron chi connectivity index (χ3n) is 5.45. The van der Waals surface area contributed by atoms with Gasteiger partial charge in [0.1, 0.15) is 11.2 Å². The van der Waals surface area contributed by atoms with Crippen LogP contribution in [0.2, 0.25) is 0 Å². The number of hydrogen-bond donors (Lipinski definition) is 0. The van der Waals surface area contributed by atoms with Gasteiger partial charge < -0.3 is 4.42 Å². The van der Waals surface area contributed by atoms with E-state index in [0.717, 1.165) is 17.6 Å². The number of aryl methyl sites for hydroxylation is 1. The summed E-state index contributed by atoms with van der Waals surface area (Å²) in [7, 11) is 0. The third-order valence-corrected chi connectivity index (χ3v) is 5.45. The van der Waals surface area contributed by atoms with Crippen LogP contribution in [0.5, 0.6) is 0 Å². The maximum atomic E-state index is 6.30. The minimum absolute atomic E-state index is 0.597. The maximum Gasteiger partial charge on any atom is 0.143 e. The normalized spacial score (nSPS) is 16.8. The first-order valence-electron chi connectivity index (χ1n) is 9.60. The van der Waals surface area contributed by atoms with Crippen LogP contribution in [0.4, 0.5) is 0 Å². The molecule has 4 aromatic rings. The lowest BCUT2D eigenvalue weighted by molar-refractivity contribution is 0.667. The summed E-state index contributed by atoms with van der Waals surface area (Å²) < 4.78 is 6.30. The van der Waals surface area contributed by atoms with Crippen LogP contribution >= 0.6 is 0 Å². The Kier molecular flexibility index (Phi) is 3.75. The molecule has 1 aliphatic carbocycles. The van der Waals surface area contributed by atoms with E-state index in [4.69, 9.17) is 4.42 Å². The average molecular weight is 350 g/mol. The molecular weight excluding hydrogens is 328 g/mol. The van der Waals surface area contributed by atoms with Crippen molar-refractivity contribution in [1.82, 2.24) is 0 Å². The number of para-hydroxylation sites is 1. The van der Waals surface area contributed by atoms with Crippen molar-refractivity contribution in [3.63, 3.8) is 0 Å². The molecule has 0 radical (unpaired) electrons. The van der Waals surface area contributed by atoms with Crippen molar-refractivity contribution < 1.29 is 4.42 Å². The molecule has 0 fully saturated rings. The zero-order chi connectivity index (χ0) is 18.4. The number of allylic oxidation sites excluding steroid dienone is 4. The van der Waals surface area contributed by atoms with E-state index in [1.165, 1.54) is 38.6 Å². The van der Waals surface area contributed by atoms with Crippen LogP contribution < -0.4 is 0 Å². The van der Waals surface area contributed by atoms with Gasteiger partial charge in [0, 0.05) is 16.3 Å². The number of fused-ring (bicyclic) bond motifs is 3. The molecule has 1 atom stereocenters. The Hall–Kier alpha value is -3.06. The molecule has 5 rings (SSSR count). The number of benzene rings is 3. The number of hydrogen-bond acceptors (Lipinski definition) is 1. The van der Waals surface area contributed by atoms with Gasteiger partial charge in [0.05, 0.1) is 0 Å². The summed E-state index contributed by atoms with van der Waals surface area (Å²) in [6.07, 6.45) is 7.95. The van der Waals surface area contributed by atoms with E-state index in [-0.39, 0.29) is 0 Å². The molecule has 3 aromatic carbocycles. The van der Waals surface area contributed by atoms with Gasteiger partial charge in [-0.2, -0.15) is 0 Å². The van der Waals surface area contributed by atoms with Crippen molar-refractivity contribution in [1.29, 1.82) is 0 Å². The lowest BCUT2D eigenvalue weighted by atomic mass is 9.90. The monoisotopic (exact) mass is 350 g/mol. The van der Waals surface area contributed by atoms with Crippen molar-refractivity contribution in [2.24, 2.45) is 5.92 Å². The van der Waals surface area contributed by atoms with E-state index in [1.54, 1.807) is 0 Å². The summed E-state index contributed by atoms with van der Waals surface area (Å²) >= 11 is 0. The molecule has 1 aromatic heterocycles. The minimum Gasteiger partial charge on any atom is -0.455 e. The highest BCUT2D eigenvalue weighted by Crippen LogP contribution is 2.39. The topological polar surface area (TPSA) is 13.1 Å². The second-order valence-electron chi connectivity index (χ2n) is 7.60. The van der Waals surface area contributed by atoms with Crippen molar-refractivity contribution in [2.75, 3.05) is 0 Å². The van der Waals surface area contributed by atoms with Gasteiger partial charge in [-0.25, -0.2) is 0 Å². The van der Waals surface area contributed by atoms with Crippen LogP contribution in [0.25, 0.3) is 38.6 Å². The van der Waals surface area contributed by atoms with Gasteiger partial charge >= 0.3 is 0 Å². The second kappa shape index (κ2) is 6.28. The van der Waals surface area contributed by atoms with Gasteiger partial charge in [0.2, 0.25) is 0 Å². The van der Waals surface area contributed by atoms with Crippen LogP contribution in [0.1, 0.15) is 24.5 Å². The molecule has 1 heteroatoms. The Morgan fingerprint density at radius 3 is 2.59 bits per heavy atom. The highest BCUT2D eigenvalue weighted by atomic mass is 16.3. The van der Waals surface area contributed by atoms with Gasteiger partial charge in [-0.3, -0.25) is 0 Å². The predicted octanol–water partition coefficient (Wildman–Crippen LogP) is 7.54. The summed E-state index contributed by atoms with van der Waals surface area (Å²) in [5, 5.41) is 2.37. The molecule has 0 aliphatic heterocycles. The average Bonchev–Trinajstić information content (AvgIpc) is 3.07. The SMILES string of the molecule is Cc1cccc(-c2cc(C3=CCC(C)C=C3)c3oc4ccccc4c3c2)c1. The smallest absolute Gasteiger partial charge is 0.143 e. The van der Waals surface area contributed by atoms with E-state index in [2.05, 4.69) is 86.7 Å². The van der Waals surface area contributed by atoms with Crippen molar-refractivity contribution in [2.45, 2.75) is 20.3 Å². The molecule has 0 spiro atoms. The molecule has 0 N–H and O–H groups in total. The highest BCUT2D eigenvalue weighted by molar-refractivity contribution is 6.10. The summed E-state index contributed by atoms with van der Waals surface area (Å²) in [4.78, 5) is 0. The molecular formula is C26H22O. The maximum absolute atomic E-state index is 6.30. The summed E-state index contributed by atoms with van der Waals surface area (Å²) in [6, 6.07) is 21.6. The van der Waals surface area contributed by atoms with E-state index in [9.17, 15) is 0 Å². The third kappa shape index (κ3) is 2.80. The molecule has 1 aliphatic rings. The molecule has 1 heterocycles. The quantitative estimate of drug-likeness (QED) is 0.364. The van der Waals surface area contributed by atoms with E-state index < -0.39 is 0 Å². The highest BCUT2D eigenvalue weighted by Gasteiger charge is 2.16. The van der Waals surface area contributed by atoms with E-state index in [1.807, 2.05) is 6.07 Å². The molecule has 0 saturated heterocycles. The fourth-order valence-electron chi connectivity index (χ4n) is 3.96. The first-order valence-corrected chi connectivity index (χ1v) is 9.60. The first-order chi connectivity index (χ1) is 13.2. The largest absolute Gasteiger partial charge is 0.455 e. The number of furan rings is 1. The van der Waals surface area contributed by atoms with Crippen molar-refractivity contribution >= 4 is 27.5 Å². The van der Waals surface area contributed by atoms with Crippen LogP contribution in [-0.2, 0) is 0 Å². The van der Waals surface area contributed by atoms with Crippen molar-refractivity contribution in [3.8, 4) is 11.1 Å². The Morgan fingerprint density at radius 1 is 0.889 bits per heavy atom. The summed E-state index contributed by atoms with van der Waals surface area (Å²) in [6.45, 7) is 4.40. The Balaban J connectivity index is 1.82. The van der Waals surface area contributed by atoms with Gasteiger partial charge in [0.15, 0.2) is 0 Å². The molecule has 0 amide bonds. The molecule has 0 saturated carbocycles. The van der Waals surface area contributed by atoms with Gasteiger partial charge in [-0.05, 0) is 54.2 Å². The van der Waals surface area contributed by atoms with Gasteiger partial charge in [0.25, 0.3) is 0 Å². The minimum atomic E-state index is 0.597. The van der Waals surface area contributed by atoms with Crippen LogP contribution in [0.15, 0.2) is 83.3 Å². The summed E-state index contributed by atoms with van der Waals surface area (Å²) in [5.41, 5.74) is 8.13. The zero-order valence-electron chi connectivity index (χ0n) is 15.7. The van der Waals surface area contributed by atoms with Gasteiger partial charge in [-0.15, -0.1) is 0 Å².